The molecule has 0 aromatic rings. The number of ketones is 3. The van der Waals surface area contributed by atoms with E-state index in [-0.39, 0.29) is 49.9 Å². The summed E-state index contributed by atoms with van der Waals surface area (Å²) < 4.78 is 5.20. The lowest BCUT2D eigenvalue weighted by Gasteiger charge is -2.42. The molecule has 7 heteroatoms. The first kappa shape index (κ1) is 28.4. The monoisotopic (exact) mass is 462 g/mol. The molecule has 0 saturated carbocycles. The molecule has 1 aliphatic rings. The third-order valence-electron chi connectivity index (χ3n) is 6.21. The van der Waals surface area contributed by atoms with Gasteiger partial charge >= 0.3 is 6.16 Å². The van der Waals surface area contributed by atoms with Crippen molar-refractivity contribution >= 4 is 23.5 Å². The fraction of sp³-hybridized carbons (Fsp3) is 0.692. The highest BCUT2D eigenvalue weighted by molar-refractivity contribution is 6.32. The minimum Gasteiger partial charge on any atom is -0.511 e. The maximum absolute atomic E-state index is 13.8. The minimum atomic E-state index is -2.54. The molecule has 0 amide bonds. The molecule has 0 radical (unpaired) electrons. The van der Waals surface area contributed by atoms with Crippen molar-refractivity contribution in [3.8, 4) is 12.3 Å². The van der Waals surface area contributed by atoms with Crippen molar-refractivity contribution in [2.75, 3.05) is 0 Å². The molecule has 0 bridgehead atoms. The molecule has 1 aliphatic carbocycles. The van der Waals surface area contributed by atoms with Gasteiger partial charge in [-0.05, 0) is 43.4 Å². The van der Waals surface area contributed by atoms with Crippen LogP contribution in [0.3, 0.4) is 0 Å². The van der Waals surface area contributed by atoms with Crippen molar-refractivity contribution in [1.29, 1.82) is 0 Å². The van der Waals surface area contributed by atoms with Crippen molar-refractivity contribution in [1.82, 2.24) is 0 Å². The minimum absolute atomic E-state index is 0.0378. The molecule has 33 heavy (non-hydrogen) atoms. The number of hydrogen-bond donors (Lipinski definition) is 2. The Balaban J connectivity index is 3.91. The van der Waals surface area contributed by atoms with Crippen LogP contribution >= 0.6 is 0 Å². The smallest absolute Gasteiger partial charge is 0.507 e. The van der Waals surface area contributed by atoms with E-state index in [1.165, 1.54) is 0 Å². The molecule has 7 nitrogen and oxygen atoms in total. The molecular formula is C26H38O7. The molecule has 0 fully saturated rings. The molecule has 0 aromatic heterocycles. The highest BCUT2D eigenvalue weighted by Gasteiger charge is 2.71. The highest BCUT2D eigenvalue weighted by Crippen LogP contribution is 2.57. The summed E-state index contributed by atoms with van der Waals surface area (Å²) in [6.07, 6.45) is 4.41. The van der Waals surface area contributed by atoms with Gasteiger partial charge in [-0.25, -0.2) is 4.79 Å². The summed E-state index contributed by atoms with van der Waals surface area (Å²) in [4.78, 5) is 52.4. The lowest BCUT2D eigenvalue weighted by Crippen LogP contribution is -2.60. The first-order valence-corrected chi connectivity index (χ1v) is 11.7. The van der Waals surface area contributed by atoms with Crippen molar-refractivity contribution < 1.29 is 34.1 Å². The molecule has 184 valence electrons. The van der Waals surface area contributed by atoms with Gasteiger partial charge < -0.3 is 14.9 Å². The van der Waals surface area contributed by atoms with E-state index in [1.807, 2.05) is 27.7 Å². The Bertz CT molecular complexity index is 843. The average molecular weight is 463 g/mol. The number of rotatable bonds is 13. The van der Waals surface area contributed by atoms with Gasteiger partial charge in [0, 0.05) is 19.3 Å². The number of carbonyl (C=O) groups is 4. The normalized spacial score (nSPS) is 22.8. The van der Waals surface area contributed by atoms with Crippen LogP contribution in [-0.4, -0.2) is 39.3 Å². The summed E-state index contributed by atoms with van der Waals surface area (Å²) in [6, 6.07) is 0. The molecule has 0 aromatic carbocycles. The second-order valence-electron chi connectivity index (χ2n) is 10.2. The predicted octanol–water partition coefficient (Wildman–Crippen LogP) is 5.27. The molecule has 1 rings (SSSR count). The van der Waals surface area contributed by atoms with E-state index < -0.39 is 45.9 Å². The zero-order valence-corrected chi connectivity index (χ0v) is 20.7. The van der Waals surface area contributed by atoms with Gasteiger partial charge in [-0.3, -0.25) is 14.4 Å². The molecule has 0 saturated heterocycles. The lowest BCUT2D eigenvalue weighted by molar-refractivity contribution is -0.165. The fourth-order valence-corrected chi connectivity index (χ4v) is 4.49. The quantitative estimate of drug-likeness (QED) is 0.166. The lowest BCUT2D eigenvalue weighted by atomic mass is 9.63. The Kier molecular flexibility index (Phi) is 9.89. The van der Waals surface area contributed by atoms with Crippen molar-refractivity contribution in [2.24, 2.45) is 23.2 Å². The Morgan fingerprint density at radius 3 is 2.03 bits per heavy atom. The summed E-state index contributed by atoms with van der Waals surface area (Å²) >= 11 is 0. The number of aliphatic hydroxyl groups is 1. The third-order valence-corrected chi connectivity index (χ3v) is 6.21. The Morgan fingerprint density at radius 1 is 1.00 bits per heavy atom. The SMILES string of the molecule is C#CCC[C@@]1(CCC(C)C)C(O)=C(C(=O)CC(C)C)C(=O)[C@]1(OC(=O)O)C(=O)CCC(C)C. The van der Waals surface area contributed by atoms with Crippen LogP contribution in [0.4, 0.5) is 4.79 Å². The number of carbonyl (C=O) groups excluding carboxylic acids is 3. The van der Waals surface area contributed by atoms with E-state index in [0.29, 0.717) is 12.8 Å². The van der Waals surface area contributed by atoms with Crippen LogP contribution in [0, 0.1) is 35.5 Å². The molecule has 2 atom stereocenters. The second-order valence-corrected chi connectivity index (χ2v) is 10.2. The predicted molar refractivity (Wildman–Crippen MR) is 125 cm³/mol. The van der Waals surface area contributed by atoms with Gasteiger partial charge in [0.1, 0.15) is 11.3 Å². The molecule has 0 aliphatic heterocycles. The Hall–Kier alpha value is -2.62. The first-order chi connectivity index (χ1) is 15.3. The largest absolute Gasteiger partial charge is 0.511 e. The zero-order valence-electron chi connectivity index (χ0n) is 20.7. The van der Waals surface area contributed by atoms with Crippen LogP contribution in [0.15, 0.2) is 11.3 Å². The highest BCUT2D eigenvalue weighted by atomic mass is 16.7. The van der Waals surface area contributed by atoms with Crippen LogP contribution in [0.25, 0.3) is 0 Å². The summed E-state index contributed by atoms with van der Waals surface area (Å²) in [5.74, 6) is -0.454. The van der Waals surface area contributed by atoms with E-state index in [1.54, 1.807) is 13.8 Å². The summed E-state index contributed by atoms with van der Waals surface area (Å²) in [6.45, 7) is 11.2. The Labute approximate surface area is 197 Å². The van der Waals surface area contributed by atoms with Crippen LogP contribution in [0.1, 0.15) is 86.5 Å². The van der Waals surface area contributed by atoms with Crippen molar-refractivity contribution in [2.45, 2.75) is 92.1 Å². The molecule has 0 unspecified atom stereocenters. The van der Waals surface area contributed by atoms with E-state index in [4.69, 9.17) is 11.2 Å². The summed E-state index contributed by atoms with van der Waals surface area (Å²) in [5.41, 5.74) is -4.79. The van der Waals surface area contributed by atoms with Gasteiger partial charge in [0.25, 0.3) is 0 Å². The maximum Gasteiger partial charge on any atom is 0.507 e. The molecule has 0 spiro atoms. The van der Waals surface area contributed by atoms with Gasteiger partial charge in [-0.1, -0.05) is 41.5 Å². The molecule has 2 N–H and O–H groups in total. The zero-order chi connectivity index (χ0) is 25.6. The van der Waals surface area contributed by atoms with Gasteiger partial charge in [-0.2, -0.15) is 0 Å². The average Bonchev–Trinajstić information content (AvgIpc) is 2.86. The maximum atomic E-state index is 13.8. The van der Waals surface area contributed by atoms with E-state index in [2.05, 4.69) is 5.92 Å². The van der Waals surface area contributed by atoms with Crippen LogP contribution in [-0.2, 0) is 19.1 Å². The van der Waals surface area contributed by atoms with Crippen LogP contribution in [0.5, 0.6) is 0 Å². The number of terminal acetylenes is 1. The van der Waals surface area contributed by atoms with Gasteiger partial charge in [0.05, 0.1) is 5.41 Å². The van der Waals surface area contributed by atoms with Crippen LogP contribution in [0.2, 0.25) is 0 Å². The molecular weight excluding hydrogens is 424 g/mol. The fourth-order valence-electron chi connectivity index (χ4n) is 4.49. The number of carboxylic acid groups (broad SMARTS) is 1. The van der Waals surface area contributed by atoms with E-state index in [0.717, 1.165) is 0 Å². The van der Waals surface area contributed by atoms with Crippen molar-refractivity contribution in [3.63, 3.8) is 0 Å². The Morgan fingerprint density at radius 2 is 1.58 bits per heavy atom. The first-order valence-electron chi connectivity index (χ1n) is 11.7. The van der Waals surface area contributed by atoms with Gasteiger partial charge in [0.15, 0.2) is 11.6 Å². The third kappa shape index (κ3) is 5.85. The van der Waals surface area contributed by atoms with Crippen molar-refractivity contribution in [3.05, 3.63) is 11.3 Å². The summed E-state index contributed by atoms with van der Waals surface area (Å²) in [5, 5.41) is 21.0. The second kappa shape index (κ2) is 11.5. The van der Waals surface area contributed by atoms with Crippen LogP contribution < -0.4 is 0 Å². The number of hydrogen-bond acceptors (Lipinski definition) is 6. The summed E-state index contributed by atoms with van der Waals surface area (Å²) in [7, 11) is 0. The van der Waals surface area contributed by atoms with E-state index >= 15 is 0 Å². The molecule has 0 heterocycles. The van der Waals surface area contributed by atoms with Gasteiger partial charge in [-0.15, -0.1) is 12.3 Å². The number of Topliss-reactive ketones (excluding diaryl/α,β-unsaturated/α-hetero) is 3. The number of aliphatic hydroxyl groups excluding tert-OH is 1. The van der Waals surface area contributed by atoms with E-state index in [9.17, 15) is 29.4 Å². The van der Waals surface area contributed by atoms with Gasteiger partial charge in [0.2, 0.25) is 11.4 Å². The number of ether oxygens (including phenoxy) is 1. The topological polar surface area (TPSA) is 118 Å². The standard InChI is InChI=1S/C26H38O7/c1-8-9-13-25(14-12-17(4)5)22(29)21(19(27)15-18(6)7)23(30)26(25,33-24(31)32)20(28)11-10-16(2)3/h1,16-18,29H,9-15H2,2-7H3,(H,31,32)/t25-,26-/m1/s1.